The molecular weight excluding hydrogens is 309 g/mol. The van der Waals surface area contributed by atoms with Gasteiger partial charge in [-0.15, -0.1) is 0 Å². The Morgan fingerprint density at radius 1 is 1.17 bits per heavy atom. The van der Waals surface area contributed by atoms with Crippen molar-refractivity contribution in [3.63, 3.8) is 0 Å². The van der Waals surface area contributed by atoms with Crippen molar-refractivity contribution in [3.8, 4) is 0 Å². The molecule has 0 spiro atoms. The summed E-state index contributed by atoms with van der Waals surface area (Å²) in [6.45, 7) is 1.18. The summed E-state index contributed by atoms with van der Waals surface area (Å²) < 4.78 is 38.3. The fourth-order valence-corrected chi connectivity index (χ4v) is 3.75. The highest BCUT2D eigenvalue weighted by Crippen LogP contribution is 2.40. The number of halogens is 3. The van der Waals surface area contributed by atoms with Crippen molar-refractivity contribution < 1.29 is 23.2 Å². The van der Waals surface area contributed by atoms with Crippen molar-refractivity contribution in [2.24, 2.45) is 5.92 Å². The monoisotopic (exact) mass is 328 g/mol. The smallest absolute Gasteiger partial charge is 0.292 e. The fourth-order valence-electron chi connectivity index (χ4n) is 3.75. The third-order valence-electron chi connectivity index (χ3n) is 5.03. The molecule has 0 atom stereocenters. The maximum absolute atomic E-state index is 12.8. The van der Waals surface area contributed by atoms with Crippen LogP contribution in [0.5, 0.6) is 0 Å². The van der Waals surface area contributed by atoms with E-state index in [1.807, 2.05) is 6.07 Å². The number of carbonyl (C=O) groups is 1. The molecule has 23 heavy (non-hydrogen) atoms. The van der Waals surface area contributed by atoms with Gasteiger partial charge in [0.15, 0.2) is 0 Å². The topological polar surface area (TPSA) is 52.6 Å². The molecule has 0 unspecified atom stereocenters. The summed E-state index contributed by atoms with van der Waals surface area (Å²) in [5.74, 6) is -1.73. The molecule has 126 valence electrons. The van der Waals surface area contributed by atoms with E-state index in [-0.39, 0.29) is 18.9 Å². The maximum Gasteiger partial charge on any atom is 0.391 e. The summed E-state index contributed by atoms with van der Waals surface area (Å²) in [6, 6.07) is 5.44. The number of fused-ring (bicyclic) bond motifs is 1. The van der Waals surface area contributed by atoms with Crippen LogP contribution in [0.15, 0.2) is 18.2 Å². The van der Waals surface area contributed by atoms with Gasteiger partial charge in [0.25, 0.3) is 5.91 Å². The quantitative estimate of drug-likeness (QED) is 0.647. The summed E-state index contributed by atoms with van der Waals surface area (Å²) >= 11 is 0. The fraction of sp³-hybridized carbons (Fsp3) is 0.562. The van der Waals surface area contributed by atoms with Gasteiger partial charge < -0.3 is 0 Å². The van der Waals surface area contributed by atoms with E-state index < -0.39 is 18.0 Å². The molecule has 1 heterocycles. The number of nitrogens with one attached hydrogen (secondary N) is 1. The lowest BCUT2D eigenvalue weighted by atomic mass is 9.85. The largest absolute Gasteiger partial charge is 0.391 e. The molecule has 1 aliphatic carbocycles. The zero-order chi connectivity index (χ0) is 16.6. The number of hydrogen-bond acceptors (Lipinski definition) is 3. The van der Waals surface area contributed by atoms with Crippen LogP contribution in [0.25, 0.3) is 0 Å². The average molecular weight is 328 g/mol. The Morgan fingerprint density at radius 3 is 2.48 bits per heavy atom. The first-order chi connectivity index (χ1) is 10.9. The Kier molecular flexibility index (Phi) is 4.33. The van der Waals surface area contributed by atoms with Crippen LogP contribution in [-0.4, -0.2) is 28.2 Å². The second kappa shape index (κ2) is 6.13. The summed E-state index contributed by atoms with van der Waals surface area (Å²) in [6.07, 6.45) is -2.69. The zero-order valence-electron chi connectivity index (χ0n) is 12.6. The molecule has 3 rings (SSSR count). The van der Waals surface area contributed by atoms with Crippen molar-refractivity contribution in [2.75, 3.05) is 0 Å². The Morgan fingerprint density at radius 2 is 1.87 bits per heavy atom. The highest BCUT2D eigenvalue weighted by molar-refractivity contribution is 5.95. The van der Waals surface area contributed by atoms with Gasteiger partial charge in [-0.25, -0.2) is 5.48 Å². The first-order valence-corrected chi connectivity index (χ1v) is 7.76. The van der Waals surface area contributed by atoms with Crippen molar-refractivity contribution in [2.45, 2.75) is 51.0 Å². The van der Waals surface area contributed by atoms with E-state index in [2.05, 4.69) is 4.90 Å². The number of benzene rings is 1. The van der Waals surface area contributed by atoms with E-state index in [4.69, 9.17) is 5.21 Å². The van der Waals surface area contributed by atoms with E-state index >= 15 is 0 Å². The van der Waals surface area contributed by atoms with Gasteiger partial charge in [-0.05, 0) is 42.9 Å². The van der Waals surface area contributed by atoms with Crippen molar-refractivity contribution in [1.82, 2.24) is 10.4 Å². The van der Waals surface area contributed by atoms with Gasteiger partial charge in [-0.3, -0.25) is 14.9 Å². The molecular formula is C16H19F3N2O2. The molecule has 0 radical (unpaired) electrons. The third-order valence-corrected chi connectivity index (χ3v) is 5.03. The molecule has 2 N–H and O–H groups in total. The predicted molar refractivity (Wildman–Crippen MR) is 76.7 cm³/mol. The minimum absolute atomic E-state index is 0.117. The lowest BCUT2D eigenvalue weighted by Gasteiger charge is -2.35. The minimum Gasteiger partial charge on any atom is -0.292 e. The Labute approximate surface area is 132 Å². The minimum atomic E-state index is -4.09. The third kappa shape index (κ3) is 3.21. The van der Waals surface area contributed by atoms with E-state index in [0.29, 0.717) is 31.5 Å². The molecule has 0 saturated heterocycles. The highest BCUT2D eigenvalue weighted by atomic mass is 19.4. The number of hydrogen-bond donors (Lipinski definition) is 2. The van der Waals surface area contributed by atoms with Crippen LogP contribution in [0.4, 0.5) is 13.2 Å². The van der Waals surface area contributed by atoms with Gasteiger partial charge in [-0.1, -0.05) is 12.1 Å². The summed E-state index contributed by atoms with van der Waals surface area (Å²) in [7, 11) is 0. The number of carbonyl (C=O) groups excluding carboxylic acids is 1. The van der Waals surface area contributed by atoms with Gasteiger partial charge in [0.05, 0.1) is 5.92 Å². The number of amides is 1. The molecule has 1 aromatic carbocycles. The number of hydroxylamine groups is 1. The van der Waals surface area contributed by atoms with Gasteiger partial charge in [-0.2, -0.15) is 13.2 Å². The van der Waals surface area contributed by atoms with Crippen molar-refractivity contribution in [3.05, 3.63) is 34.9 Å². The van der Waals surface area contributed by atoms with Crippen LogP contribution in [0, 0.1) is 5.92 Å². The Hall–Kier alpha value is -1.60. The standard InChI is InChI=1S/C16H19F3N2O2/c17-16(18,19)11-4-6-12(7-5-11)21-8-10-2-1-3-13(14(10)9-21)15(22)20-23/h1-3,11-12,23H,4-9H2,(H,20,22). The van der Waals surface area contributed by atoms with E-state index in [0.717, 1.165) is 11.1 Å². The van der Waals surface area contributed by atoms with E-state index in [1.165, 1.54) is 0 Å². The molecule has 0 bridgehead atoms. The number of alkyl halides is 3. The average Bonchev–Trinajstić information content (AvgIpc) is 2.97. The lowest BCUT2D eigenvalue weighted by Crippen LogP contribution is -2.37. The first kappa shape index (κ1) is 16.3. The predicted octanol–water partition coefficient (Wildman–Crippen LogP) is 3.24. The lowest BCUT2D eigenvalue weighted by molar-refractivity contribution is -0.184. The molecule has 4 nitrogen and oxygen atoms in total. The second-order valence-corrected chi connectivity index (χ2v) is 6.34. The summed E-state index contributed by atoms with van der Waals surface area (Å²) in [5.41, 5.74) is 3.93. The molecule has 7 heteroatoms. The zero-order valence-corrected chi connectivity index (χ0v) is 12.6. The van der Waals surface area contributed by atoms with E-state index in [1.54, 1.807) is 17.6 Å². The Bertz CT molecular complexity index is 595. The van der Waals surface area contributed by atoms with Crippen LogP contribution in [0.2, 0.25) is 0 Å². The van der Waals surface area contributed by atoms with Crippen molar-refractivity contribution in [1.29, 1.82) is 0 Å². The second-order valence-electron chi connectivity index (χ2n) is 6.34. The van der Waals surface area contributed by atoms with Gasteiger partial charge in [0.1, 0.15) is 0 Å². The number of nitrogens with zero attached hydrogens (tertiary/aromatic N) is 1. The number of rotatable bonds is 2. The molecule has 1 amide bonds. The Balaban J connectivity index is 1.68. The van der Waals surface area contributed by atoms with Gasteiger partial charge in [0.2, 0.25) is 0 Å². The van der Waals surface area contributed by atoms with Gasteiger partial charge in [0, 0.05) is 24.7 Å². The molecule has 1 aliphatic heterocycles. The first-order valence-electron chi connectivity index (χ1n) is 7.76. The molecule has 2 aliphatic rings. The highest BCUT2D eigenvalue weighted by Gasteiger charge is 2.42. The van der Waals surface area contributed by atoms with Gasteiger partial charge >= 0.3 is 6.18 Å². The normalized spacial score (nSPS) is 25.2. The van der Waals surface area contributed by atoms with Crippen LogP contribution < -0.4 is 5.48 Å². The summed E-state index contributed by atoms with van der Waals surface area (Å²) in [4.78, 5) is 13.8. The van der Waals surface area contributed by atoms with E-state index in [9.17, 15) is 18.0 Å². The maximum atomic E-state index is 12.8. The van der Waals surface area contributed by atoms with Crippen LogP contribution >= 0.6 is 0 Å². The molecule has 1 aromatic rings. The van der Waals surface area contributed by atoms with Crippen LogP contribution in [0.1, 0.15) is 47.2 Å². The van der Waals surface area contributed by atoms with Crippen LogP contribution in [-0.2, 0) is 13.1 Å². The molecule has 1 saturated carbocycles. The van der Waals surface area contributed by atoms with Crippen molar-refractivity contribution >= 4 is 5.91 Å². The molecule has 0 aromatic heterocycles. The molecule has 1 fully saturated rings. The van der Waals surface area contributed by atoms with Crippen LogP contribution in [0.3, 0.4) is 0 Å². The summed E-state index contributed by atoms with van der Waals surface area (Å²) in [5, 5.41) is 8.82. The SMILES string of the molecule is O=C(NO)c1cccc2c1CN(C1CCC(C(F)(F)F)CC1)C2.